The molecule has 2 heterocycles. The van der Waals surface area contributed by atoms with Crippen molar-refractivity contribution in [1.82, 2.24) is 25.0 Å². The smallest absolute Gasteiger partial charge is 0.316 e. The van der Waals surface area contributed by atoms with E-state index in [-0.39, 0.29) is 6.61 Å². The lowest BCUT2D eigenvalue weighted by Crippen LogP contribution is -1.99. The second kappa shape index (κ2) is 5.70. The molecule has 3 aromatic rings. The van der Waals surface area contributed by atoms with Crippen molar-refractivity contribution in [3.05, 3.63) is 59.7 Å². The Balaban J connectivity index is 1.69. The molecule has 106 valence electrons. The maximum atomic E-state index is 5.48. The number of hydrogen-bond donors (Lipinski definition) is 0. The molecule has 0 aliphatic rings. The maximum Gasteiger partial charge on any atom is 0.316 e. The minimum atomic E-state index is 0.287. The molecule has 0 saturated heterocycles. The average Bonchev–Trinajstić information content (AvgIpc) is 2.96. The van der Waals surface area contributed by atoms with Gasteiger partial charge in [0.25, 0.3) is 0 Å². The topological polar surface area (TPSA) is 65.7 Å². The number of aromatic nitrogens is 5. The van der Waals surface area contributed by atoms with Gasteiger partial charge in [-0.15, -0.1) is 5.10 Å². The molecule has 0 atom stereocenters. The minimum Gasteiger partial charge on any atom is -0.457 e. The van der Waals surface area contributed by atoms with Crippen LogP contribution in [-0.4, -0.2) is 25.0 Å². The Bertz CT molecular complexity index is 736. The van der Waals surface area contributed by atoms with E-state index in [1.807, 2.05) is 44.3 Å². The van der Waals surface area contributed by atoms with Crippen LogP contribution in [0, 0.1) is 13.8 Å². The van der Waals surface area contributed by atoms with Crippen LogP contribution < -0.4 is 4.74 Å². The molecule has 0 radical (unpaired) electrons. The zero-order chi connectivity index (χ0) is 14.7. The summed E-state index contributed by atoms with van der Waals surface area (Å²) in [4.78, 5) is 8.16. The van der Waals surface area contributed by atoms with Gasteiger partial charge in [-0.1, -0.05) is 17.3 Å². The first kappa shape index (κ1) is 13.2. The summed E-state index contributed by atoms with van der Waals surface area (Å²) >= 11 is 0. The first-order valence-electron chi connectivity index (χ1n) is 6.60. The van der Waals surface area contributed by atoms with Crippen molar-refractivity contribution in [2.45, 2.75) is 20.5 Å². The molecular weight excluding hydrogens is 266 g/mol. The summed E-state index contributed by atoms with van der Waals surface area (Å²) in [6, 6.07) is 8.39. The lowest BCUT2D eigenvalue weighted by atomic mass is 10.2. The highest BCUT2D eigenvalue weighted by molar-refractivity contribution is 5.34. The van der Waals surface area contributed by atoms with E-state index in [2.05, 4.69) is 20.3 Å². The van der Waals surface area contributed by atoms with Crippen LogP contribution in [0.5, 0.6) is 6.01 Å². The third-order valence-corrected chi connectivity index (χ3v) is 2.91. The molecule has 0 amide bonds. The lowest BCUT2D eigenvalue weighted by Gasteiger charge is -2.01. The number of nitrogens with zero attached hydrogens (tertiary/aromatic N) is 5. The van der Waals surface area contributed by atoms with Crippen LogP contribution in [0.4, 0.5) is 0 Å². The Hall–Kier alpha value is -2.76. The first-order valence-corrected chi connectivity index (χ1v) is 6.60. The molecule has 6 heteroatoms. The van der Waals surface area contributed by atoms with Gasteiger partial charge in [-0.25, -0.2) is 14.6 Å². The van der Waals surface area contributed by atoms with Crippen LogP contribution in [0.2, 0.25) is 0 Å². The summed E-state index contributed by atoms with van der Waals surface area (Å²) in [5.74, 6) is 0. The van der Waals surface area contributed by atoms with E-state index < -0.39 is 0 Å². The van der Waals surface area contributed by atoms with Gasteiger partial charge in [-0.3, -0.25) is 0 Å². The highest BCUT2D eigenvalue weighted by atomic mass is 16.5. The first-order chi connectivity index (χ1) is 10.2. The summed E-state index contributed by atoms with van der Waals surface area (Å²) in [6.45, 7) is 4.26. The molecule has 2 aromatic heterocycles. The van der Waals surface area contributed by atoms with E-state index in [9.17, 15) is 0 Å². The zero-order valence-corrected chi connectivity index (χ0v) is 11.9. The van der Waals surface area contributed by atoms with Crippen LogP contribution in [0.1, 0.15) is 16.8 Å². The van der Waals surface area contributed by atoms with Gasteiger partial charge in [0.15, 0.2) is 0 Å². The van der Waals surface area contributed by atoms with Crippen molar-refractivity contribution in [1.29, 1.82) is 0 Å². The largest absolute Gasteiger partial charge is 0.457 e. The molecule has 0 fully saturated rings. The SMILES string of the molecule is Cc1cnc(OCc2cn(-c3cccc(C)c3)nn2)nc1. The minimum absolute atomic E-state index is 0.287. The molecule has 0 N–H and O–H groups in total. The van der Waals surface area contributed by atoms with Crippen LogP contribution in [0.3, 0.4) is 0 Å². The van der Waals surface area contributed by atoms with Crippen molar-refractivity contribution < 1.29 is 4.74 Å². The fourth-order valence-corrected chi connectivity index (χ4v) is 1.85. The van der Waals surface area contributed by atoms with Crippen LogP contribution in [-0.2, 0) is 6.61 Å². The fourth-order valence-electron chi connectivity index (χ4n) is 1.85. The van der Waals surface area contributed by atoms with E-state index in [0.717, 1.165) is 16.9 Å². The molecule has 3 rings (SSSR count). The van der Waals surface area contributed by atoms with Crippen LogP contribution in [0.25, 0.3) is 5.69 Å². The second-order valence-electron chi connectivity index (χ2n) is 4.83. The van der Waals surface area contributed by atoms with E-state index in [0.29, 0.717) is 6.01 Å². The van der Waals surface area contributed by atoms with Crippen molar-refractivity contribution >= 4 is 0 Å². The third kappa shape index (κ3) is 3.22. The number of hydrogen-bond acceptors (Lipinski definition) is 5. The van der Waals surface area contributed by atoms with Gasteiger partial charge in [-0.2, -0.15) is 0 Å². The quantitative estimate of drug-likeness (QED) is 0.734. The summed E-state index contributed by atoms with van der Waals surface area (Å²) in [5.41, 5.74) is 3.86. The maximum absolute atomic E-state index is 5.48. The van der Waals surface area contributed by atoms with Gasteiger partial charge in [0, 0.05) is 12.4 Å². The lowest BCUT2D eigenvalue weighted by molar-refractivity contribution is 0.276. The van der Waals surface area contributed by atoms with Gasteiger partial charge >= 0.3 is 6.01 Å². The Morgan fingerprint density at radius 2 is 1.90 bits per heavy atom. The van der Waals surface area contributed by atoms with Crippen LogP contribution >= 0.6 is 0 Å². The molecule has 0 aliphatic heterocycles. The monoisotopic (exact) mass is 281 g/mol. The standard InChI is InChI=1S/C15H15N5O/c1-11-4-3-5-14(6-11)20-9-13(18-19-20)10-21-15-16-7-12(2)8-17-15/h3-9H,10H2,1-2H3. The fraction of sp³-hybridized carbons (Fsp3) is 0.200. The Labute approximate surface area is 122 Å². The predicted octanol–water partition coefficient (Wildman–Crippen LogP) is 2.25. The van der Waals surface area contributed by atoms with Gasteiger partial charge in [0.2, 0.25) is 0 Å². The van der Waals surface area contributed by atoms with Gasteiger partial charge < -0.3 is 4.74 Å². The molecule has 0 unspecified atom stereocenters. The summed E-state index contributed by atoms with van der Waals surface area (Å²) in [6.07, 6.45) is 5.26. The molecule has 0 bridgehead atoms. The van der Waals surface area contributed by atoms with Gasteiger partial charge in [-0.05, 0) is 37.1 Å². The molecule has 0 spiro atoms. The second-order valence-corrected chi connectivity index (χ2v) is 4.83. The van der Waals surface area contributed by atoms with Gasteiger partial charge in [0.1, 0.15) is 12.3 Å². The predicted molar refractivity (Wildman–Crippen MR) is 77.2 cm³/mol. The molecule has 1 aromatic carbocycles. The molecular formula is C15H15N5O. The number of rotatable bonds is 4. The van der Waals surface area contributed by atoms with Crippen molar-refractivity contribution in [2.75, 3.05) is 0 Å². The van der Waals surface area contributed by atoms with E-state index >= 15 is 0 Å². The van der Waals surface area contributed by atoms with Crippen LogP contribution in [0.15, 0.2) is 42.9 Å². The highest BCUT2D eigenvalue weighted by Crippen LogP contribution is 2.10. The van der Waals surface area contributed by atoms with E-state index in [1.165, 1.54) is 5.56 Å². The summed E-state index contributed by atoms with van der Waals surface area (Å²) in [7, 11) is 0. The molecule has 0 aliphatic carbocycles. The van der Waals surface area contributed by atoms with Crippen molar-refractivity contribution in [3.8, 4) is 11.7 Å². The molecule has 0 saturated carbocycles. The summed E-state index contributed by atoms with van der Waals surface area (Å²) < 4.78 is 7.21. The van der Waals surface area contributed by atoms with Crippen molar-refractivity contribution in [2.24, 2.45) is 0 Å². The zero-order valence-electron chi connectivity index (χ0n) is 11.9. The molecule has 21 heavy (non-hydrogen) atoms. The van der Waals surface area contributed by atoms with E-state index in [4.69, 9.17) is 4.74 Å². The summed E-state index contributed by atoms with van der Waals surface area (Å²) in [5, 5.41) is 8.19. The average molecular weight is 281 g/mol. The normalized spacial score (nSPS) is 10.6. The number of aryl methyl sites for hydroxylation is 2. The number of ether oxygens (including phenoxy) is 1. The Morgan fingerprint density at radius 3 is 2.67 bits per heavy atom. The van der Waals surface area contributed by atoms with E-state index in [1.54, 1.807) is 17.1 Å². The molecule has 6 nitrogen and oxygen atoms in total. The Morgan fingerprint density at radius 1 is 1.10 bits per heavy atom. The van der Waals surface area contributed by atoms with Gasteiger partial charge in [0.05, 0.1) is 11.9 Å². The number of benzene rings is 1. The van der Waals surface area contributed by atoms with Crippen molar-refractivity contribution in [3.63, 3.8) is 0 Å². The Kier molecular flexibility index (Phi) is 3.59. The third-order valence-electron chi connectivity index (χ3n) is 2.91. The highest BCUT2D eigenvalue weighted by Gasteiger charge is 2.05.